The van der Waals surface area contributed by atoms with Crippen LogP contribution < -0.4 is 5.43 Å². The second-order valence-corrected chi connectivity index (χ2v) is 7.91. The second kappa shape index (κ2) is 6.69. The number of thioether (sulfide) groups is 1. The molecule has 2 aromatic carbocycles. The molecule has 1 N–H and O–H groups in total. The molecule has 1 aliphatic rings. The third-order valence-electron chi connectivity index (χ3n) is 4.95. The smallest absolute Gasteiger partial charge is 0.126 e. The van der Waals surface area contributed by atoms with Crippen molar-refractivity contribution in [3.63, 3.8) is 0 Å². The molecule has 0 spiro atoms. The third kappa shape index (κ3) is 2.84. The standard InChI is InChI=1S/C22H23N3S/c1-14-9-8-10-15(2)20(14)25-16(3)13-19(17(25)4)22-24-23-21(26-22)18-11-6-5-7-12-18/h5-13,22,24H,1-4H3/t22-/m1/s1. The number of hydrazone groups is 1. The maximum absolute atomic E-state index is 4.57. The summed E-state index contributed by atoms with van der Waals surface area (Å²) in [5, 5.41) is 5.77. The first-order valence-corrected chi connectivity index (χ1v) is 9.75. The van der Waals surface area contributed by atoms with E-state index in [-0.39, 0.29) is 5.37 Å². The SMILES string of the molecule is Cc1cccc(C)c1-n1c(C)cc([C@@H]2NN=C(c3ccccc3)S2)c1C. The quantitative estimate of drug-likeness (QED) is 0.676. The van der Waals surface area contributed by atoms with Gasteiger partial charge in [-0.15, -0.1) is 0 Å². The number of nitrogens with zero attached hydrogens (tertiary/aromatic N) is 2. The van der Waals surface area contributed by atoms with Crippen LogP contribution >= 0.6 is 11.8 Å². The van der Waals surface area contributed by atoms with E-state index in [2.05, 4.69) is 91.3 Å². The molecule has 3 aromatic rings. The normalized spacial score (nSPS) is 16.5. The van der Waals surface area contributed by atoms with Crippen LogP contribution in [-0.2, 0) is 0 Å². The summed E-state index contributed by atoms with van der Waals surface area (Å²) in [5.41, 5.74) is 12.2. The maximum atomic E-state index is 4.57. The van der Waals surface area contributed by atoms with Gasteiger partial charge in [0.15, 0.2) is 0 Å². The van der Waals surface area contributed by atoms with Gasteiger partial charge in [0.1, 0.15) is 10.4 Å². The Morgan fingerprint density at radius 3 is 2.31 bits per heavy atom. The topological polar surface area (TPSA) is 29.3 Å². The van der Waals surface area contributed by atoms with E-state index in [1.54, 1.807) is 11.8 Å². The second-order valence-electron chi connectivity index (χ2n) is 6.81. The van der Waals surface area contributed by atoms with Crippen LogP contribution in [0.5, 0.6) is 0 Å². The molecule has 1 aliphatic heterocycles. The molecule has 26 heavy (non-hydrogen) atoms. The van der Waals surface area contributed by atoms with Gasteiger partial charge in [0.25, 0.3) is 0 Å². The van der Waals surface area contributed by atoms with Crippen LogP contribution in [-0.4, -0.2) is 9.61 Å². The van der Waals surface area contributed by atoms with Crippen molar-refractivity contribution in [3.8, 4) is 5.69 Å². The number of hydrogen-bond acceptors (Lipinski definition) is 3. The fourth-order valence-electron chi connectivity index (χ4n) is 3.68. The predicted molar refractivity (Wildman–Crippen MR) is 111 cm³/mol. The van der Waals surface area contributed by atoms with Gasteiger partial charge in [0, 0.05) is 22.5 Å². The fraction of sp³-hybridized carbons (Fsp3) is 0.227. The first-order chi connectivity index (χ1) is 12.6. The zero-order valence-electron chi connectivity index (χ0n) is 15.6. The van der Waals surface area contributed by atoms with E-state index in [1.807, 2.05) is 6.07 Å². The number of hydrogen-bond donors (Lipinski definition) is 1. The Morgan fingerprint density at radius 1 is 0.923 bits per heavy atom. The highest BCUT2D eigenvalue weighted by molar-refractivity contribution is 8.14. The summed E-state index contributed by atoms with van der Waals surface area (Å²) in [4.78, 5) is 0. The van der Waals surface area contributed by atoms with Crippen molar-refractivity contribution in [3.05, 3.63) is 88.2 Å². The molecule has 4 heteroatoms. The van der Waals surface area contributed by atoms with E-state index in [0.29, 0.717) is 0 Å². The molecule has 0 saturated heterocycles. The summed E-state index contributed by atoms with van der Waals surface area (Å²) in [6, 6.07) is 19.1. The lowest BCUT2D eigenvalue weighted by Crippen LogP contribution is -2.09. The zero-order chi connectivity index (χ0) is 18.3. The van der Waals surface area contributed by atoms with Crippen molar-refractivity contribution in [2.45, 2.75) is 33.1 Å². The van der Waals surface area contributed by atoms with E-state index in [1.165, 1.54) is 33.8 Å². The fourth-order valence-corrected chi connectivity index (χ4v) is 4.76. The average molecular weight is 362 g/mol. The summed E-state index contributed by atoms with van der Waals surface area (Å²) >= 11 is 1.78. The Hall–Kier alpha value is -2.46. The van der Waals surface area contributed by atoms with E-state index >= 15 is 0 Å². The van der Waals surface area contributed by atoms with Crippen molar-refractivity contribution in [2.24, 2.45) is 5.10 Å². The van der Waals surface area contributed by atoms with Crippen LogP contribution in [0.15, 0.2) is 59.7 Å². The van der Waals surface area contributed by atoms with Gasteiger partial charge in [0.2, 0.25) is 0 Å². The number of para-hydroxylation sites is 1. The number of aryl methyl sites for hydroxylation is 3. The molecule has 2 heterocycles. The van der Waals surface area contributed by atoms with Gasteiger partial charge in [-0.3, -0.25) is 5.43 Å². The molecule has 0 saturated carbocycles. The molecule has 4 rings (SSSR count). The molecular weight excluding hydrogens is 338 g/mol. The highest BCUT2D eigenvalue weighted by Gasteiger charge is 2.26. The van der Waals surface area contributed by atoms with Crippen LogP contribution in [0.25, 0.3) is 5.69 Å². The molecule has 132 valence electrons. The van der Waals surface area contributed by atoms with Crippen molar-refractivity contribution < 1.29 is 0 Å². The minimum absolute atomic E-state index is 0.148. The Bertz CT molecular complexity index is 966. The summed E-state index contributed by atoms with van der Waals surface area (Å²) in [6.07, 6.45) is 0. The summed E-state index contributed by atoms with van der Waals surface area (Å²) < 4.78 is 2.38. The van der Waals surface area contributed by atoms with Crippen LogP contribution in [0.1, 0.15) is 39.0 Å². The molecule has 0 radical (unpaired) electrons. The Labute approximate surface area is 159 Å². The van der Waals surface area contributed by atoms with Gasteiger partial charge in [0.05, 0.1) is 5.69 Å². The molecule has 0 amide bonds. The molecule has 0 aliphatic carbocycles. The monoisotopic (exact) mass is 361 g/mol. The van der Waals surface area contributed by atoms with E-state index in [0.717, 1.165) is 10.6 Å². The third-order valence-corrected chi connectivity index (χ3v) is 6.09. The van der Waals surface area contributed by atoms with Crippen LogP contribution in [0.4, 0.5) is 0 Å². The average Bonchev–Trinajstić information content (AvgIpc) is 3.22. The summed E-state index contributed by atoms with van der Waals surface area (Å²) in [5.74, 6) is 0. The Morgan fingerprint density at radius 2 is 1.62 bits per heavy atom. The van der Waals surface area contributed by atoms with Gasteiger partial charge in [-0.25, -0.2) is 0 Å². The van der Waals surface area contributed by atoms with Gasteiger partial charge in [-0.2, -0.15) is 5.10 Å². The largest absolute Gasteiger partial charge is 0.318 e. The molecule has 3 nitrogen and oxygen atoms in total. The number of aromatic nitrogens is 1. The predicted octanol–water partition coefficient (Wildman–Crippen LogP) is 5.41. The van der Waals surface area contributed by atoms with Gasteiger partial charge in [-0.05, 0) is 44.9 Å². The zero-order valence-corrected chi connectivity index (χ0v) is 16.4. The van der Waals surface area contributed by atoms with Crippen LogP contribution in [0.3, 0.4) is 0 Å². The first-order valence-electron chi connectivity index (χ1n) is 8.87. The highest BCUT2D eigenvalue weighted by Crippen LogP contribution is 2.38. The number of rotatable bonds is 3. The van der Waals surface area contributed by atoms with Crippen LogP contribution in [0.2, 0.25) is 0 Å². The lowest BCUT2D eigenvalue weighted by atomic mass is 10.1. The molecular formula is C22H23N3S. The van der Waals surface area contributed by atoms with Crippen molar-refractivity contribution in [2.75, 3.05) is 0 Å². The summed E-state index contributed by atoms with van der Waals surface area (Å²) in [7, 11) is 0. The first kappa shape index (κ1) is 17.0. The van der Waals surface area contributed by atoms with E-state index in [4.69, 9.17) is 0 Å². The Balaban J connectivity index is 1.69. The number of benzene rings is 2. The number of nitrogens with one attached hydrogen (secondary N) is 1. The van der Waals surface area contributed by atoms with Crippen molar-refractivity contribution in [1.82, 2.24) is 9.99 Å². The van der Waals surface area contributed by atoms with Gasteiger partial charge in [-0.1, -0.05) is 60.3 Å². The maximum Gasteiger partial charge on any atom is 0.126 e. The van der Waals surface area contributed by atoms with E-state index < -0.39 is 0 Å². The van der Waals surface area contributed by atoms with E-state index in [9.17, 15) is 0 Å². The minimum atomic E-state index is 0.148. The Kier molecular flexibility index (Phi) is 4.37. The van der Waals surface area contributed by atoms with Crippen molar-refractivity contribution in [1.29, 1.82) is 0 Å². The molecule has 1 atom stereocenters. The minimum Gasteiger partial charge on any atom is -0.318 e. The summed E-state index contributed by atoms with van der Waals surface area (Å²) in [6.45, 7) is 8.75. The molecule has 0 unspecified atom stereocenters. The molecule has 0 bridgehead atoms. The molecule has 0 fully saturated rings. The lowest BCUT2D eigenvalue weighted by Gasteiger charge is -2.17. The lowest BCUT2D eigenvalue weighted by molar-refractivity contribution is 0.737. The molecule has 1 aromatic heterocycles. The van der Waals surface area contributed by atoms with Crippen LogP contribution in [0, 0.1) is 27.7 Å². The van der Waals surface area contributed by atoms with Gasteiger partial charge < -0.3 is 4.57 Å². The highest BCUT2D eigenvalue weighted by atomic mass is 32.2. The van der Waals surface area contributed by atoms with Crippen molar-refractivity contribution >= 4 is 16.8 Å². The van der Waals surface area contributed by atoms with Gasteiger partial charge >= 0.3 is 0 Å².